The van der Waals surface area contributed by atoms with Gasteiger partial charge >= 0.3 is 0 Å². The SMILES string of the molecule is CCCCC1(CCCC)c2ccc(Br)cc2-c2cc(Br)ccc21. The fourth-order valence-electron chi connectivity index (χ4n) is 4.08. The minimum Gasteiger partial charge on any atom is -0.0654 e. The zero-order valence-corrected chi connectivity index (χ0v) is 17.1. The number of rotatable bonds is 6. The number of halogens is 2. The van der Waals surface area contributed by atoms with Gasteiger partial charge in [-0.15, -0.1) is 0 Å². The molecule has 0 unspecified atom stereocenters. The van der Waals surface area contributed by atoms with Gasteiger partial charge in [0.05, 0.1) is 0 Å². The van der Waals surface area contributed by atoms with Gasteiger partial charge in [0, 0.05) is 14.4 Å². The van der Waals surface area contributed by atoms with E-state index in [2.05, 4.69) is 82.1 Å². The maximum atomic E-state index is 3.67. The predicted octanol–water partition coefficient (Wildman–Crippen LogP) is 7.86. The highest BCUT2D eigenvalue weighted by atomic mass is 79.9. The quantitative estimate of drug-likeness (QED) is 0.433. The zero-order chi connectivity index (χ0) is 16.4. The lowest BCUT2D eigenvalue weighted by atomic mass is 9.71. The van der Waals surface area contributed by atoms with Crippen LogP contribution in [0, 0.1) is 0 Å². The van der Waals surface area contributed by atoms with Crippen LogP contribution in [0.15, 0.2) is 45.3 Å². The Kier molecular flexibility index (Phi) is 5.32. The molecule has 0 saturated heterocycles. The van der Waals surface area contributed by atoms with Crippen LogP contribution in [0.1, 0.15) is 63.5 Å². The largest absolute Gasteiger partial charge is 0.0654 e. The second kappa shape index (κ2) is 7.11. The highest BCUT2D eigenvalue weighted by molar-refractivity contribution is 9.10. The molecule has 0 N–H and O–H groups in total. The lowest BCUT2D eigenvalue weighted by molar-refractivity contribution is 0.414. The molecule has 2 heteroatoms. The van der Waals surface area contributed by atoms with E-state index >= 15 is 0 Å². The van der Waals surface area contributed by atoms with E-state index < -0.39 is 0 Å². The second-order valence-electron chi connectivity index (χ2n) is 6.67. The summed E-state index contributed by atoms with van der Waals surface area (Å²) in [4.78, 5) is 0. The molecule has 122 valence electrons. The van der Waals surface area contributed by atoms with Gasteiger partial charge < -0.3 is 0 Å². The maximum Gasteiger partial charge on any atom is 0.0215 e. The van der Waals surface area contributed by atoms with E-state index in [0.717, 1.165) is 0 Å². The summed E-state index contributed by atoms with van der Waals surface area (Å²) in [7, 11) is 0. The molecule has 3 rings (SSSR count). The third-order valence-corrected chi connectivity index (χ3v) is 6.19. The normalized spacial score (nSPS) is 14.6. The molecule has 23 heavy (non-hydrogen) atoms. The summed E-state index contributed by atoms with van der Waals surface area (Å²) in [5.41, 5.74) is 6.12. The lowest BCUT2D eigenvalue weighted by Crippen LogP contribution is -2.25. The predicted molar refractivity (Wildman–Crippen MR) is 107 cm³/mol. The van der Waals surface area contributed by atoms with E-state index in [9.17, 15) is 0 Å². The highest BCUT2D eigenvalue weighted by Gasteiger charge is 2.42. The molecule has 0 nitrogen and oxygen atoms in total. The summed E-state index contributed by atoms with van der Waals surface area (Å²) in [5.74, 6) is 0. The van der Waals surface area contributed by atoms with Crippen molar-refractivity contribution in [3.05, 3.63) is 56.5 Å². The van der Waals surface area contributed by atoms with Crippen LogP contribution in [0.25, 0.3) is 11.1 Å². The Hall–Kier alpha value is -0.600. The Morgan fingerprint density at radius 2 is 1.17 bits per heavy atom. The van der Waals surface area contributed by atoms with E-state index in [1.165, 1.54) is 69.7 Å². The third kappa shape index (κ3) is 3.05. The van der Waals surface area contributed by atoms with Crippen LogP contribution < -0.4 is 0 Å². The molecule has 2 aromatic carbocycles. The van der Waals surface area contributed by atoms with Gasteiger partial charge in [-0.05, 0) is 59.4 Å². The molecule has 0 spiro atoms. The van der Waals surface area contributed by atoms with Gasteiger partial charge in [0.15, 0.2) is 0 Å². The van der Waals surface area contributed by atoms with Crippen molar-refractivity contribution in [3.8, 4) is 11.1 Å². The van der Waals surface area contributed by atoms with E-state index in [1.54, 1.807) is 0 Å². The van der Waals surface area contributed by atoms with Crippen LogP contribution in [-0.4, -0.2) is 0 Å². The molecular weight excluding hydrogens is 412 g/mol. The third-order valence-electron chi connectivity index (χ3n) is 5.20. The van der Waals surface area contributed by atoms with Crippen molar-refractivity contribution in [1.29, 1.82) is 0 Å². The number of hydrogen-bond acceptors (Lipinski definition) is 0. The van der Waals surface area contributed by atoms with Gasteiger partial charge in [0.25, 0.3) is 0 Å². The molecule has 0 fully saturated rings. The number of benzene rings is 2. The fraction of sp³-hybridized carbons (Fsp3) is 0.429. The number of hydrogen-bond donors (Lipinski definition) is 0. The number of unbranched alkanes of at least 4 members (excludes halogenated alkanes) is 2. The van der Waals surface area contributed by atoms with Crippen LogP contribution in [-0.2, 0) is 5.41 Å². The van der Waals surface area contributed by atoms with Crippen molar-refractivity contribution >= 4 is 31.9 Å². The molecule has 1 aliphatic carbocycles. The van der Waals surface area contributed by atoms with Crippen molar-refractivity contribution < 1.29 is 0 Å². The topological polar surface area (TPSA) is 0 Å². The molecule has 2 aromatic rings. The molecule has 0 saturated carbocycles. The Labute approximate surface area is 157 Å². The molecule has 0 atom stereocenters. The highest BCUT2D eigenvalue weighted by Crippen LogP contribution is 2.55. The van der Waals surface area contributed by atoms with E-state index in [1.807, 2.05) is 0 Å². The van der Waals surface area contributed by atoms with Crippen molar-refractivity contribution in [2.24, 2.45) is 0 Å². The second-order valence-corrected chi connectivity index (χ2v) is 8.50. The first-order valence-electron chi connectivity index (χ1n) is 8.73. The van der Waals surface area contributed by atoms with Gasteiger partial charge in [-0.1, -0.05) is 83.5 Å². The first kappa shape index (κ1) is 17.2. The first-order valence-corrected chi connectivity index (χ1v) is 10.3. The van der Waals surface area contributed by atoms with E-state index in [-0.39, 0.29) is 5.41 Å². The van der Waals surface area contributed by atoms with E-state index in [0.29, 0.717) is 0 Å². The average molecular weight is 436 g/mol. The standard InChI is InChI=1S/C21H24Br2/c1-3-5-11-21(12-6-4-2)19-9-7-15(22)13-17(19)18-14-16(23)8-10-20(18)21/h7-10,13-14H,3-6,11-12H2,1-2H3. The van der Waals surface area contributed by atoms with Gasteiger partial charge in [0.2, 0.25) is 0 Å². The summed E-state index contributed by atoms with van der Waals surface area (Å²) in [5, 5.41) is 0. The van der Waals surface area contributed by atoms with Crippen LogP contribution in [0.4, 0.5) is 0 Å². The monoisotopic (exact) mass is 434 g/mol. The Bertz CT molecular complexity index is 641. The average Bonchev–Trinajstić information content (AvgIpc) is 2.80. The minimum absolute atomic E-state index is 0.206. The van der Waals surface area contributed by atoms with Crippen LogP contribution in [0.2, 0.25) is 0 Å². The zero-order valence-electron chi connectivity index (χ0n) is 14.0. The first-order chi connectivity index (χ1) is 11.1. The molecule has 0 radical (unpaired) electrons. The molecular formula is C21H24Br2. The van der Waals surface area contributed by atoms with Gasteiger partial charge in [-0.25, -0.2) is 0 Å². The summed E-state index contributed by atoms with van der Waals surface area (Å²) in [6.07, 6.45) is 7.60. The molecule has 1 aliphatic rings. The van der Waals surface area contributed by atoms with Crippen LogP contribution in [0.5, 0.6) is 0 Å². The Balaban J connectivity index is 2.22. The van der Waals surface area contributed by atoms with Crippen molar-refractivity contribution in [2.45, 2.75) is 57.8 Å². The Morgan fingerprint density at radius 1 is 0.739 bits per heavy atom. The van der Waals surface area contributed by atoms with E-state index in [4.69, 9.17) is 0 Å². The molecule has 0 bridgehead atoms. The smallest absolute Gasteiger partial charge is 0.0215 e. The van der Waals surface area contributed by atoms with Crippen molar-refractivity contribution in [3.63, 3.8) is 0 Å². The molecule has 0 aliphatic heterocycles. The Morgan fingerprint density at radius 3 is 1.57 bits per heavy atom. The minimum atomic E-state index is 0.206. The summed E-state index contributed by atoms with van der Waals surface area (Å²) in [6, 6.07) is 13.8. The van der Waals surface area contributed by atoms with Crippen molar-refractivity contribution in [1.82, 2.24) is 0 Å². The van der Waals surface area contributed by atoms with Crippen molar-refractivity contribution in [2.75, 3.05) is 0 Å². The maximum absolute atomic E-state index is 3.67. The van der Waals surface area contributed by atoms with Crippen LogP contribution in [0.3, 0.4) is 0 Å². The molecule has 0 aromatic heterocycles. The number of fused-ring (bicyclic) bond motifs is 3. The summed E-state index contributed by atoms with van der Waals surface area (Å²) >= 11 is 7.33. The molecule has 0 heterocycles. The van der Waals surface area contributed by atoms with Gasteiger partial charge in [-0.3, -0.25) is 0 Å². The summed E-state index contributed by atoms with van der Waals surface area (Å²) in [6.45, 7) is 4.60. The van der Waals surface area contributed by atoms with Crippen LogP contribution >= 0.6 is 31.9 Å². The molecule has 0 amide bonds. The summed E-state index contributed by atoms with van der Waals surface area (Å²) < 4.78 is 2.34. The van der Waals surface area contributed by atoms with Gasteiger partial charge in [0.1, 0.15) is 0 Å². The van der Waals surface area contributed by atoms with Gasteiger partial charge in [-0.2, -0.15) is 0 Å². The lowest BCUT2D eigenvalue weighted by Gasteiger charge is -2.32. The fourth-order valence-corrected chi connectivity index (χ4v) is 4.80.